The first-order valence-electron chi connectivity index (χ1n) is 6.82. The summed E-state index contributed by atoms with van der Waals surface area (Å²) in [7, 11) is 0. The summed E-state index contributed by atoms with van der Waals surface area (Å²) in [5, 5.41) is 6.60. The van der Waals surface area contributed by atoms with Gasteiger partial charge in [-0.05, 0) is 45.1 Å². The molecule has 3 aromatic rings. The molecule has 0 radical (unpaired) electrons. The molecule has 0 atom stereocenters. The van der Waals surface area contributed by atoms with E-state index in [1.165, 1.54) is 16.3 Å². The van der Waals surface area contributed by atoms with Crippen molar-refractivity contribution in [1.82, 2.24) is 0 Å². The van der Waals surface area contributed by atoms with Gasteiger partial charge in [0.05, 0.1) is 0 Å². The number of benzene rings is 2. The lowest BCUT2D eigenvalue weighted by Crippen LogP contribution is -2.04. The molecule has 0 N–H and O–H groups in total. The highest BCUT2D eigenvalue weighted by Crippen LogP contribution is 2.17. The van der Waals surface area contributed by atoms with Crippen LogP contribution >= 0.6 is 11.3 Å². The maximum Gasteiger partial charge on any atom is 0.137 e. The number of rotatable bonds is 5. The molecule has 2 heteroatoms. The first-order chi connectivity index (χ1) is 9.81. The fourth-order valence-corrected chi connectivity index (χ4v) is 3.09. The van der Waals surface area contributed by atoms with Crippen molar-refractivity contribution >= 4 is 27.9 Å². The second kappa shape index (κ2) is 6.02. The first-order valence-corrected chi connectivity index (χ1v) is 7.76. The highest BCUT2D eigenvalue weighted by Gasteiger charge is 2.05. The molecule has 0 saturated carbocycles. The van der Waals surface area contributed by atoms with Gasteiger partial charge in [-0.2, -0.15) is 11.3 Å². The molecule has 0 aliphatic carbocycles. The van der Waals surface area contributed by atoms with Gasteiger partial charge in [0, 0.05) is 12.8 Å². The summed E-state index contributed by atoms with van der Waals surface area (Å²) in [5.74, 6) is 0.312. The second-order valence-electron chi connectivity index (χ2n) is 5.03. The fourth-order valence-electron chi connectivity index (χ4n) is 2.38. The Labute approximate surface area is 122 Å². The van der Waals surface area contributed by atoms with Crippen LogP contribution in [0, 0.1) is 0 Å². The van der Waals surface area contributed by atoms with Gasteiger partial charge in [0.1, 0.15) is 5.78 Å². The van der Waals surface area contributed by atoms with Crippen LogP contribution in [0.5, 0.6) is 0 Å². The van der Waals surface area contributed by atoms with Crippen LogP contribution in [0.15, 0.2) is 59.3 Å². The van der Waals surface area contributed by atoms with Gasteiger partial charge >= 0.3 is 0 Å². The Bertz CT molecular complexity index is 713. The van der Waals surface area contributed by atoms with Crippen LogP contribution in [0.4, 0.5) is 0 Å². The largest absolute Gasteiger partial charge is 0.299 e. The summed E-state index contributed by atoms with van der Waals surface area (Å²) in [6.45, 7) is 0. The van der Waals surface area contributed by atoms with Crippen LogP contribution in [0.1, 0.15) is 17.5 Å². The third kappa shape index (κ3) is 3.14. The van der Waals surface area contributed by atoms with E-state index in [1.54, 1.807) is 11.3 Å². The zero-order chi connectivity index (χ0) is 13.8. The van der Waals surface area contributed by atoms with Gasteiger partial charge in [-0.15, -0.1) is 0 Å². The maximum atomic E-state index is 12.0. The van der Waals surface area contributed by atoms with Crippen molar-refractivity contribution in [2.45, 2.75) is 19.3 Å². The summed E-state index contributed by atoms with van der Waals surface area (Å²) in [5.41, 5.74) is 2.38. The van der Waals surface area contributed by atoms with Gasteiger partial charge < -0.3 is 0 Å². The van der Waals surface area contributed by atoms with Crippen LogP contribution in [0.3, 0.4) is 0 Å². The molecule has 0 aliphatic rings. The molecule has 1 nitrogen and oxygen atoms in total. The average Bonchev–Trinajstić information content (AvgIpc) is 2.98. The number of fused-ring (bicyclic) bond motifs is 1. The monoisotopic (exact) mass is 280 g/mol. The van der Waals surface area contributed by atoms with E-state index in [2.05, 4.69) is 47.2 Å². The lowest BCUT2D eigenvalue weighted by atomic mass is 10.0. The Morgan fingerprint density at radius 1 is 0.950 bits per heavy atom. The van der Waals surface area contributed by atoms with E-state index in [9.17, 15) is 4.79 Å². The zero-order valence-corrected chi connectivity index (χ0v) is 12.0. The van der Waals surface area contributed by atoms with Crippen molar-refractivity contribution in [1.29, 1.82) is 0 Å². The number of aryl methyl sites for hydroxylation is 1. The minimum atomic E-state index is 0.312. The summed E-state index contributed by atoms with van der Waals surface area (Å²) < 4.78 is 0. The number of hydrogen-bond acceptors (Lipinski definition) is 2. The molecule has 0 spiro atoms. The molecule has 20 heavy (non-hydrogen) atoms. The predicted molar refractivity (Wildman–Crippen MR) is 85.3 cm³/mol. The molecular weight excluding hydrogens is 264 g/mol. The smallest absolute Gasteiger partial charge is 0.137 e. The quantitative estimate of drug-likeness (QED) is 0.665. The number of Topliss-reactive ketones (excluding diaryl/α,β-unsaturated/α-hetero) is 1. The number of hydrogen-bond donors (Lipinski definition) is 0. The lowest BCUT2D eigenvalue weighted by Gasteiger charge is -2.03. The molecule has 1 aromatic heterocycles. The predicted octanol–water partition coefficient (Wildman–Crippen LogP) is 4.65. The standard InChI is InChI=1S/C18H16OS/c19-18(8-6-14-9-10-20-13-14)12-15-5-7-16-3-1-2-4-17(16)11-15/h1-5,7,9-11,13H,6,8,12H2. The van der Waals surface area contributed by atoms with Crippen molar-refractivity contribution in [3.05, 3.63) is 70.4 Å². The van der Waals surface area contributed by atoms with E-state index in [1.807, 2.05) is 12.1 Å². The molecule has 1 heterocycles. The molecule has 0 fully saturated rings. The van der Waals surface area contributed by atoms with Crippen molar-refractivity contribution in [3.63, 3.8) is 0 Å². The Morgan fingerprint density at radius 3 is 2.60 bits per heavy atom. The van der Waals surface area contributed by atoms with Gasteiger partial charge in [-0.3, -0.25) is 4.79 Å². The topological polar surface area (TPSA) is 17.1 Å². The average molecular weight is 280 g/mol. The Morgan fingerprint density at radius 2 is 1.80 bits per heavy atom. The van der Waals surface area contributed by atoms with Crippen LogP contribution in [-0.2, 0) is 17.6 Å². The van der Waals surface area contributed by atoms with E-state index in [0.717, 1.165) is 12.0 Å². The summed E-state index contributed by atoms with van der Waals surface area (Å²) >= 11 is 1.69. The molecule has 100 valence electrons. The molecule has 0 aliphatic heterocycles. The molecule has 2 aromatic carbocycles. The van der Waals surface area contributed by atoms with E-state index in [0.29, 0.717) is 18.6 Å². The van der Waals surface area contributed by atoms with Crippen LogP contribution < -0.4 is 0 Å². The number of carbonyl (C=O) groups excluding carboxylic acids is 1. The van der Waals surface area contributed by atoms with Crippen LogP contribution in [0.2, 0.25) is 0 Å². The Kier molecular flexibility index (Phi) is 3.93. The maximum absolute atomic E-state index is 12.0. The SMILES string of the molecule is O=C(CCc1ccsc1)Cc1ccc2ccccc2c1. The molecular formula is C18H16OS. The van der Waals surface area contributed by atoms with Crippen molar-refractivity contribution in [3.8, 4) is 0 Å². The third-order valence-corrected chi connectivity index (χ3v) is 4.22. The molecule has 3 rings (SSSR count). The second-order valence-corrected chi connectivity index (χ2v) is 5.81. The lowest BCUT2D eigenvalue weighted by molar-refractivity contribution is -0.118. The summed E-state index contributed by atoms with van der Waals surface area (Å²) in [4.78, 5) is 12.0. The van der Waals surface area contributed by atoms with Gasteiger partial charge in [0.25, 0.3) is 0 Å². The molecule has 0 bridgehead atoms. The van der Waals surface area contributed by atoms with E-state index >= 15 is 0 Å². The van der Waals surface area contributed by atoms with Crippen LogP contribution in [0.25, 0.3) is 10.8 Å². The number of ketones is 1. The van der Waals surface area contributed by atoms with Crippen LogP contribution in [-0.4, -0.2) is 5.78 Å². The minimum absolute atomic E-state index is 0.312. The Hall–Kier alpha value is -1.93. The minimum Gasteiger partial charge on any atom is -0.299 e. The highest BCUT2D eigenvalue weighted by atomic mass is 32.1. The first kappa shape index (κ1) is 13.1. The van der Waals surface area contributed by atoms with Gasteiger partial charge in [0.15, 0.2) is 0 Å². The highest BCUT2D eigenvalue weighted by molar-refractivity contribution is 7.07. The van der Waals surface area contributed by atoms with Crippen molar-refractivity contribution in [2.24, 2.45) is 0 Å². The van der Waals surface area contributed by atoms with Gasteiger partial charge in [-0.1, -0.05) is 42.5 Å². The number of thiophene rings is 1. The fraction of sp³-hybridized carbons (Fsp3) is 0.167. The van der Waals surface area contributed by atoms with Gasteiger partial charge in [0.2, 0.25) is 0 Å². The number of carbonyl (C=O) groups is 1. The van der Waals surface area contributed by atoms with Gasteiger partial charge in [-0.25, -0.2) is 0 Å². The molecule has 0 amide bonds. The van der Waals surface area contributed by atoms with Crippen molar-refractivity contribution < 1.29 is 4.79 Å². The van der Waals surface area contributed by atoms with E-state index in [-0.39, 0.29) is 0 Å². The third-order valence-electron chi connectivity index (χ3n) is 3.49. The van der Waals surface area contributed by atoms with E-state index < -0.39 is 0 Å². The van der Waals surface area contributed by atoms with Crippen molar-refractivity contribution in [2.75, 3.05) is 0 Å². The molecule has 0 unspecified atom stereocenters. The molecule has 0 saturated heterocycles. The zero-order valence-electron chi connectivity index (χ0n) is 11.2. The Balaban J connectivity index is 1.65. The summed E-state index contributed by atoms with van der Waals surface area (Å²) in [6.07, 6.45) is 2.02. The summed E-state index contributed by atoms with van der Waals surface area (Å²) in [6, 6.07) is 16.6. The van der Waals surface area contributed by atoms with E-state index in [4.69, 9.17) is 0 Å². The normalized spacial score (nSPS) is 10.8.